The Kier molecular flexibility index (Phi) is 2.82. The molecule has 2 heterocycles. The molecule has 2 fully saturated rings. The van der Waals surface area contributed by atoms with Crippen molar-refractivity contribution >= 4 is 0 Å². The molecule has 2 rings (SSSR count). The number of hydrogen-bond acceptors (Lipinski definition) is 3. The average Bonchev–Trinajstić information content (AvgIpc) is 2.48. The lowest BCUT2D eigenvalue weighted by Gasteiger charge is -2.40. The predicted octanol–water partition coefficient (Wildman–Crippen LogP) is 1.95. The first-order valence-corrected chi connectivity index (χ1v) is 5.52. The molecule has 0 saturated carbocycles. The van der Waals surface area contributed by atoms with E-state index in [1.54, 1.807) is 0 Å². The summed E-state index contributed by atoms with van der Waals surface area (Å²) in [4.78, 5) is 0. The van der Waals surface area contributed by atoms with Gasteiger partial charge in [-0.3, -0.25) is 0 Å². The zero-order chi connectivity index (χ0) is 10.2. The van der Waals surface area contributed by atoms with E-state index in [0.717, 1.165) is 19.4 Å². The van der Waals surface area contributed by atoms with Gasteiger partial charge >= 0.3 is 0 Å². The summed E-state index contributed by atoms with van der Waals surface area (Å²) in [5.74, 6) is 0.210. The lowest BCUT2D eigenvalue weighted by atomic mass is 10.0. The summed E-state index contributed by atoms with van der Waals surface area (Å²) in [5.41, 5.74) is 0. The van der Waals surface area contributed by atoms with E-state index in [1.807, 2.05) is 6.92 Å². The molecule has 2 saturated heterocycles. The topological polar surface area (TPSA) is 27.7 Å². The molecule has 14 heavy (non-hydrogen) atoms. The van der Waals surface area contributed by atoms with Crippen LogP contribution in [0, 0.1) is 5.92 Å². The number of hydrogen-bond donors (Lipinski definition) is 0. The van der Waals surface area contributed by atoms with Gasteiger partial charge in [0.1, 0.15) is 6.10 Å². The summed E-state index contributed by atoms with van der Waals surface area (Å²) in [6.45, 7) is 7.93. The van der Waals surface area contributed by atoms with Crippen molar-refractivity contribution in [3.8, 4) is 0 Å². The number of fused-ring (bicyclic) bond motifs is 1. The Hall–Kier alpha value is -0.120. The maximum absolute atomic E-state index is 5.96. The summed E-state index contributed by atoms with van der Waals surface area (Å²) in [6.07, 6.45) is 2.40. The Morgan fingerprint density at radius 1 is 1.36 bits per heavy atom. The highest BCUT2D eigenvalue weighted by atomic mass is 16.7. The third-order valence-electron chi connectivity index (χ3n) is 2.88. The fourth-order valence-corrected chi connectivity index (χ4v) is 2.38. The van der Waals surface area contributed by atoms with Gasteiger partial charge in [-0.15, -0.1) is 0 Å². The third kappa shape index (κ3) is 2.10. The molecule has 82 valence electrons. The van der Waals surface area contributed by atoms with Crippen LogP contribution in [0.2, 0.25) is 0 Å². The van der Waals surface area contributed by atoms with Gasteiger partial charge in [0.15, 0.2) is 5.79 Å². The minimum atomic E-state index is -0.386. The summed E-state index contributed by atoms with van der Waals surface area (Å²) in [5, 5.41) is 0. The molecule has 3 heteroatoms. The van der Waals surface area contributed by atoms with Crippen molar-refractivity contribution in [3.05, 3.63) is 0 Å². The normalized spacial score (nSPS) is 42.9. The van der Waals surface area contributed by atoms with Crippen molar-refractivity contribution in [3.63, 3.8) is 0 Å². The fraction of sp³-hybridized carbons (Fsp3) is 1.00. The van der Waals surface area contributed by atoms with E-state index >= 15 is 0 Å². The van der Waals surface area contributed by atoms with Crippen molar-refractivity contribution in [1.82, 2.24) is 0 Å². The molecule has 0 aromatic heterocycles. The first kappa shape index (κ1) is 10.4. The van der Waals surface area contributed by atoms with Crippen LogP contribution in [-0.4, -0.2) is 31.2 Å². The molecule has 3 atom stereocenters. The van der Waals surface area contributed by atoms with Crippen LogP contribution in [0.5, 0.6) is 0 Å². The van der Waals surface area contributed by atoms with Gasteiger partial charge in [-0.1, -0.05) is 13.8 Å². The summed E-state index contributed by atoms with van der Waals surface area (Å²) >= 11 is 0. The smallest absolute Gasteiger partial charge is 0.166 e. The Morgan fingerprint density at radius 3 is 2.86 bits per heavy atom. The highest BCUT2D eigenvalue weighted by Crippen LogP contribution is 2.33. The predicted molar refractivity (Wildman–Crippen MR) is 53.0 cm³/mol. The van der Waals surface area contributed by atoms with Gasteiger partial charge in [-0.25, -0.2) is 0 Å². The molecule has 1 unspecified atom stereocenters. The molecule has 0 spiro atoms. The van der Waals surface area contributed by atoms with Crippen LogP contribution in [-0.2, 0) is 14.2 Å². The van der Waals surface area contributed by atoms with Gasteiger partial charge in [-0.2, -0.15) is 0 Å². The van der Waals surface area contributed by atoms with Crippen molar-refractivity contribution in [2.75, 3.05) is 13.2 Å². The van der Waals surface area contributed by atoms with Gasteiger partial charge < -0.3 is 14.2 Å². The van der Waals surface area contributed by atoms with Crippen LogP contribution >= 0.6 is 0 Å². The van der Waals surface area contributed by atoms with E-state index < -0.39 is 0 Å². The van der Waals surface area contributed by atoms with E-state index in [9.17, 15) is 0 Å². The molecule has 0 N–H and O–H groups in total. The molecular formula is C11H20O3. The molecule has 0 bridgehead atoms. The molecule has 2 aliphatic heterocycles. The van der Waals surface area contributed by atoms with Crippen LogP contribution < -0.4 is 0 Å². The second-order valence-electron chi connectivity index (χ2n) is 4.90. The minimum Gasteiger partial charge on any atom is -0.373 e. The molecule has 0 amide bonds. The van der Waals surface area contributed by atoms with Crippen molar-refractivity contribution in [1.29, 1.82) is 0 Å². The molecule has 0 radical (unpaired) electrons. The zero-order valence-electron chi connectivity index (χ0n) is 9.29. The third-order valence-corrected chi connectivity index (χ3v) is 2.88. The van der Waals surface area contributed by atoms with Gasteiger partial charge in [0.25, 0.3) is 0 Å². The molecule has 2 aliphatic rings. The van der Waals surface area contributed by atoms with Crippen LogP contribution in [0.25, 0.3) is 0 Å². The van der Waals surface area contributed by atoms with Gasteiger partial charge in [-0.05, 0) is 19.3 Å². The first-order valence-electron chi connectivity index (χ1n) is 5.52. The second-order valence-corrected chi connectivity index (χ2v) is 4.90. The number of ether oxygens (including phenoxy) is 3. The van der Waals surface area contributed by atoms with Crippen LogP contribution in [0.3, 0.4) is 0 Å². The maximum Gasteiger partial charge on any atom is 0.166 e. The molecule has 0 aromatic rings. The molecule has 3 nitrogen and oxygen atoms in total. The SMILES string of the molecule is CC(C)CC1(C)OC[C@H]2OCC[C@H]2O1. The Morgan fingerprint density at radius 2 is 2.14 bits per heavy atom. The fourth-order valence-electron chi connectivity index (χ4n) is 2.38. The van der Waals surface area contributed by atoms with E-state index in [4.69, 9.17) is 14.2 Å². The van der Waals surface area contributed by atoms with E-state index in [0.29, 0.717) is 12.5 Å². The quantitative estimate of drug-likeness (QED) is 0.682. The summed E-state index contributed by atoms with van der Waals surface area (Å²) < 4.78 is 17.2. The minimum absolute atomic E-state index is 0.176. The standard InChI is InChI=1S/C11H20O3/c1-8(2)6-11(3)13-7-10-9(14-11)4-5-12-10/h8-10H,4-7H2,1-3H3/t9-,10-,11?/m1/s1. The maximum atomic E-state index is 5.96. The van der Waals surface area contributed by atoms with Crippen molar-refractivity contribution < 1.29 is 14.2 Å². The Balaban J connectivity index is 1.95. The van der Waals surface area contributed by atoms with Crippen LogP contribution in [0.15, 0.2) is 0 Å². The van der Waals surface area contributed by atoms with E-state index in [2.05, 4.69) is 13.8 Å². The van der Waals surface area contributed by atoms with Gasteiger partial charge in [0.05, 0.1) is 12.7 Å². The van der Waals surface area contributed by atoms with Gasteiger partial charge in [0, 0.05) is 13.0 Å². The van der Waals surface area contributed by atoms with Crippen LogP contribution in [0.1, 0.15) is 33.6 Å². The summed E-state index contributed by atoms with van der Waals surface area (Å²) in [6, 6.07) is 0. The largest absolute Gasteiger partial charge is 0.373 e. The van der Waals surface area contributed by atoms with Crippen molar-refractivity contribution in [2.45, 2.75) is 51.6 Å². The van der Waals surface area contributed by atoms with Crippen LogP contribution in [0.4, 0.5) is 0 Å². The highest BCUT2D eigenvalue weighted by Gasteiger charge is 2.42. The number of rotatable bonds is 2. The monoisotopic (exact) mass is 200 g/mol. The molecular weight excluding hydrogens is 180 g/mol. The van der Waals surface area contributed by atoms with Gasteiger partial charge in [0.2, 0.25) is 0 Å². The zero-order valence-corrected chi connectivity index (χ0v) is 9.29. The lowest BCUT2D eigenvalue weighted by Crippen LogP contribution is -2.48. The average molecular weight is 200 g/mol. The lowest BCUT2D eigenvalue weighted by molar-refractivity contribution is -0.307. The Bertz CT molecular complexity index is 205. The Labute approximate surface area is 85.7 Å². The molecule has 0 aromatic carbocycles. The van der Waals surface area contributed by atoms with E-state index in [-0.39, 0.29) is 18.0 Å². The highest BCUT2D eigenvalue weighted by molar-refractivity contribution is 4.84. The first-order chi connectivity index (χ1) is 6.59. The van der Waals surface area contributed by atoms with E-state index in [1.165, 1.54) is 0 Å². The van der Waals surface area contributed by atoms with Crippen molar-refractivity contribution in [2.24, 2.45) is 5.92 Å². The summed E-state index contributed by atoms with van der Waals surface area (Å²) in [7, 11) is 0. The second kappa shape index (κ2) is 3.80. The molecule has 0 aliphatic carbocycles.